The van der Waals surface area contributed by atoms with Crippen LogP contribution in [0.15, 0.2) is 0 Å². The zero-order valence-corrected chi connectivity index (χ0v) is 17.7. The molecule has 2 nitrogen and oxygen atoms in total. The quantitative estimate of drug-likeness (QED) is 0.633. The molecule has 0 aromatic carbocycles. The molecular weight excluding hydrogens is 376 g/mol. The molecule has 1 unspecified atom stereocenters. The molecule has 0 aromatic heterocycles. The molecule has 0 radical (unpaired) electrons. The second-order valence-corrected chi connectivity index (χ2v) is 11.0. The van der Waals surface area contributed by atoms with Crippen LogP contribution < -0.4 is 0 Å². The monoisotopic (exact) mass is 410 g/mol. The van der Waals surface area contributed by atoms with Gasteiger partial charge in [0, 0.05) is 5.92 Å². The summed E-state index contributed by atoms with van der Waals surface area (Å²) in [5.74, 6) is 5.44. The molecule has 4 fully saturated rings. The van der Waals surface area contributed by atoms with Crippen LogP contribution in [0.2, 0.25) is 0 Å². The van der Waals surface area contributed by atoms with Gasteiger partial charge >= 0.3 is 0 Å². The number of hydrogen-bond acceptors (Lipinski definition) is 2. The summed E-state index contributed by atoms with van der Waals surface area (Å²) in [6, 6.07) is 0. The number of rotatable bonds is 2. The number of aliphatic hydroxyl groups is 1. The molecule has 0 amide bonds. The number of halogens is 1. The van der Waals surface area contributed by atoms with E-state index in [9.17, 15) is 9.90 Å². The van der Waals surface area contributed by atoms with Crippen LogP contribution >= 0.6 is 15.9 Å². The SMILES string of the molecule is CC1C[C@@H]2[C@H](CC[C@]3(C)[C@@H](C(=O)CBr)CC[C@@H]23)[C@H]2CC[C@](C)(O)C[C@@H]12. The van der Waals surface area contributed by atoms with Gasteiger partial charge in [0.05, 0.1) is 10.9 Å². The second kappa shape index (κ2) is 6.33. The number of alkyl halides is 1. The van der Waals surface area contributed by atoms with Crippen molar-refractivity contribution in [3.8, 4) is 0 Å². The van der Waals surface area contributed by atoms with Crippen LogP contribution in [0.5, 0.6) is 0 Å². The molecule has 4 saturated carbocycles. The first-order valence-corrected chi connectivity index (χ1v) is 11.7. The van der Waals surface area contributed by atoms with Crippen molar-refractivity contribution in [3.05, 3.63) is 0 Å². The van der Waals surface area contributed by atoms with Crippen LogP contribution in [0.4, 0.5) is 0 Å². The molecule has 4 aliphatic carbocycles. The molecule has 4 rings (SSSR count). The Morgan fingerprint density at radius 3 is 2.44 bits per heavy atom. The van der Waals surface area contributed by atoms with E-state index < -0.39 is 5.60 Å². The fourth-order valence-electron chi connectivity index (χ4n) is 8.02. The van der Waals surface area contributed by atoms with E-state index in [0.29, 0.717) is 11.1 Å². The molecule has 4 aliphatic rings. The Kier molecular flexibility index (Phi) is 4.68. The van der Waals surface area contributed by atoms with Crippen molar-refractivity contribution in [3.63, 3.8) is 0 Å². The summed E-state index contributed by atoms with van der Waals surface area (Å²) in [5.41, 5.74) is -0.190. The van der Waals surface area contributed by atoms with Gasteiger partial charge in [-0.1, -0.05) is 29.8 Å². The first-order valence-electron chi connectivity index (χ1n) is 10.6. The van der Waals surface area contributed by atoms with Crippen LogP contribution in [0.25, 0.3) is 0 Å². The van der Waals surface area contributed by atoms with Gasteiger partial charge in [0.25, 0.3) is 0 Å². The van der Waals surface area contributed by atoms with Gasteiger partial charge in [-0.2, -0.15) is 0 Å². The third kappa shape index (κ3) is 2.87. The highest BCUT2D eigenvalue weighted by atomic mass is 79.9. The molecule has 3 heteroatoms. The highest BCUT2D eigenvalue weighted by Crippen LogP contribution is 2.65. The Hall–Kier alpha value is 0.110. The molecule has 25 heavy (non-hydrogen) atoms. The summed E-state index contributed by atoms with van der Waals surface area (Å²) >= 11 is 3.43. The number of ketones is 1. The fraction of sp³-hybridized carbons (Fsp3) is 0.955. The predicted octanol–water partition coefficient (Wildman–Crippen LogP) is 5.22. The van der Waals surface area contributed by atoms with Crippen molar-refractivity contribution >= 4 is 21.7 Å². The molecule has 0 heterocycles. The summed E-state index contributed by atoms with van der Waals surface area (Å²) in [4.78, 5) is 12.5. The summed E-state index contributed by atoms with van der Waals surface area (Å²) < 4.78 is 0. The standard InChI is InChI=1S/C22H35BrO2/c1-13-10-16-14(15-6-8-21(2,25)11-17(13)15)7-9-22(3)18(16)4-5-19(22)20(24)12-23/h13-19,25H,4-12H2,1-3H3/t13?,14-,15-,16-,17+,18+,19-,21+,22+/m1/s1. The molecule has 0 aromatic rings. The highest BCUT2D eigenvalue weighted by molar-refractivity contribution is 9.09. The maximum Gasteiger partial charge on any atom is 0.147 e. The normalized spacial score (nSPS) is 55.2. The predicted molar refractivity (Wildman–Crippen MR) is 105 cm³/mol. The summed E-state index contributed by atoms with van der Waals surface area (Å²) in [6.07, 6.45) is 9.49. The average Bonchev–Trinajstić information content (AvgIpc) is 2.91. The Labute approximate surface area is 161 Å². The van der Waals surface area contributed by atoms with Crippen molar-refractivity contribution in [2.24, 2.45) is 46.8 Å². The Morgan fingerprint density at radius 1 is 1.04 bits per heavy atom. The van der Waals surface area contributed by atoms with E-state index in [-0.39, 0.29) is 11.3 Å². The second-order valence-electron chi connectivity index (χ2n) is 10.5. The first-order chi connectivity index (χ1) is 11.8. The van der Waals surface area contributed by atoms with Crippen molar-refractivity contribution in [1.29, 1.82) is 0 Å². The summed E-state index contributed by atoms with van der Waals surface area (Å²) in [7, 11) is 0. The van der Waals surface area contributed by atoms with Crippen LogP contribution in [0, 0.1) is 46.8 Å². The van der Waals surface area contributed by atoms with Gasteiger partial charge < -0.3 is 5.11 Å². The lowest BCUT2D eigenvalue weighted by Crippen LogP contribution is -2.53. The largest absolute Gasteiger partial charge is 0.390 e. The maximum absolute atomic E-state index is 12.5. The lowest BCUT2D eigenvalue weighted by molar-refractivity contribution is -0.134. The van der Waals surface area contributed by atoms with Gasteiger partial charge in [-0.15, -0.1) is 0 Å². The molecule has 0 aliphatic heterocycles. The maximum atomic E-state index is 12.5. The Bertz CT molecular complexity index is 544. The topological polar surface area (TPSA) is 37.3 Å². The molecular formula is C22H35BrO2. The van der Waals surface area contributed by atoms with Crippen molar-refractivity contribution in [2.45, 2.75) is 77.7 Å². The minimum absolute atomic E-state index is 0.249. The van der Waals surface area contributed by atoms with Gasteiger partial charge in [-0.3, -0.25) is 4.79 Å². The first kappa shape index (κ1) is 18.5. The molecule has 9 atom stereocenters. The minimum Gasteiger partial charge on any atom is -0.390 e. The van der Waals surface area contributed by atoms with Crippen LogP contribution in [0.3, 0.4) is 0 Å². The zero-order valence-electron chi connectivity index (χ0n) is 16.1. The van der Waals surface area contributed by atoms with Crippen molar-refractivity contribution in [1.82, 2.24) is 0 Å². The molecule has 0 spiro atoms. The van der Waals surface area contributed by atoms with Gasteiger partial charge in [0.15, 0.2) is 0 Å². The highest BCUT2D eigenvalue weighted by Gasteiger charge is 2.59. The van der Waals surface area contributed by atoms with E-state index in [4.69, 9.17) is 0 Å². The number of carbonyl (C=O) groups excluding carboxylic acids is 1. The summed E-state index contributed by atoms with van der Waals surface area (Å²) in [5, 5.41) is 11.1. The molecule has 142 valence electrons. The van der Waals surface area contributed by atoms with Gasteiger partial charge in [-0.25, -0.2) is 0 Å². The number of Topliss-reactive ketones (excluding diaryl/α,β-unsaturated/α-hetero) is 1. The van der Waals surface area contributed by atoms with E-state index in [1.807, 2.05) is 6.92 Å². The average molecular weight is 411 g/mol. The molecule has 0 saturated heterocycles. The van der Waals surface area contributed by atoms with E-state index in [1.165, 1.54) is 32.1 Å². The van der Waals surface area contributed by atoms with Gasteiger partial charge in [0.2, 0.25) is 0 Å². The summed E-state index contributed by atoms with van der Waals surface area (Å²) in [6.45, 7) is 6.93. The molecule has 0 bridgehead atoms. The lowest BCUT2D eigenvalue weighted by Gasteiger charge is -2.58. The smallest absolute Gasteiger partial charge is 0.147 e. The van der Waals surface area contributed by atoms with E-state index in [0.717, 1.165) is 54.8 Å². The van der Waals surface area contributed by atoms with E-state index in [2.05, 4.69) is 29.8 Å². The number of carbonyl (C=O) groups is 1. The number of hydrogen-bond donors (Lipinski definition) is 1. The minimum atomic E-state index is -0.438. The van der Waals surface area contributed by atoms with Crippen molar-refractivity contribution in [2.75, 3.05) is 5.33 Å². The zero-order chi connectivity index (χ0) is 18.0. The third-order valence-electron chi connectivity index (χ3n) is 9.18. The van der Waals surface area contributed by atoms with Gasteiger partial charge in [-0.05, 0) is 99.2 Å². The van der Waals surface area contributed by atoms with E-state index in [1.54, 1.807) is 0 Å². The van der Waals surface area contributed by atoms with Gasteiger partial charge in [0.1, 0.15) is 5.78 Å². The van der Waals surface area contributed by atoms with Crippen molar-refractivity contribution < 1.29 is 9.90 Å². The van der Waals surface area contributed by atoms with Crippen LogP contribution in [0.1, 0.15) is 72.1 Å². The fourth-order valence-corrected chi connectivity index (χ4v) is 8.41. The van der Waals surface area contributed by atoms with Crippen LogP contribution in [-0.2, 0) is 4.79 Å². The molecule has 1 N–H and O–H groups in total. The number of fused-ring (bicyclic) bond motifs is 5. The Morgan fingerprint density at radius 2 is 1.72 bits per heavy atom. The van der Waals surface area contributed by atoms with Crippen LogP contribution in [-0.4, -0.2) is 21.8 Å². The lowest BCUT2D eigenvalue weighted by atomic mass is 9.47. The van der Waals surface area contributed by atoms with E-state index >= 15 is 0 Å². The Balaban J connectivity index is 1.58. The third-order valence-corrected chi connectivity index (χ3v) is 9.73.